The number of methoxy groups -OCH3 is 1. The monoisotopic (exact) mass is 220 g/mol. The number of carbonyl (C=O) groups is 2. The summed E-state index contributed by atoms with van der Waals surface area (Å²) in [6.07, 6.45) is -0.0351. The lowest BCUT2D eigenvalue weighted by atomic mass is 9.97. The number of ketones is 2. The minimum absolute atomic E-state index is 0.0351. The Morgan fingerprint density at radius 2 is 1.81 bits per heavy atom. The van der Waals surface area contributed by atoms with E-state index in [1.165, 1.54) is 6.92 Å². The Labute approximate surface area is 95.4 Å². The maximum absolute atomic E-state index is 11.8. The third kappa shape index (κ3) is 2.48. The van der Waals surface area contributed by atoms with Gasteiger partial charge in [-0.3, -0.25) is 9.59 Å². The molecule has 0 aliphatic rings. The first kappa shape index (κ1) is 12.4. The Morgan fingerprint density at radius 3 is 2.31 bits per heavy atom. The summed E-state index contributed by atoms with van der Waals surface area (Å²) in [5.74, 6) is 0.519. The zero-order valence-corrected chi connectivity index (χ0v) is 10.1. The Hall–Kier alpha value is -1.64. The maximum Gasteiger partial charge on any atom is 0.170 e. The zero-order valence-electron chi connectivity index (χ0n) is 10.1. The van der Waals surface area contributed by atoms with E-state index in [9.17, 15) is 9.59 Å². The molecule has 0 fully saturated rings. The Morgan fingerprint density at radius 1 is 1.19 bits per heavy atom. The quantitative estimate of drug-likeness (QED) is 0.578. The lowest BCUT2D eigenvalue weighted by molar-refractivity contribution is -0.116. The van der Waals surface area contributed by atoms with Gasteiger partial charge in [-0.25, -0.2) is 0 Å². The van der Waals surface area contributed by atoms with Crippen LogP contribution in [0.5, 0.6) is 5.75 Å². The van der Waals surface area contributed by atoms with Crippen LogP contribution < -0.4 is 4.74 Å². The molecule has 1 aromatic rings. The summed E-state index contributed by atoms with van der Waals surface area (Å²) in [4.78, 5) is 22.7. The number of ether oxygens (including phenoxy) is 1. The van der Waals surface area contributed by atoms with Crippen molar-refractivity contribution in [2.45, 2.75) is 27.2 Å². The fraction of sp³-hybridized carbons (Fsp3) is 0.385. The van der Waals surface area contributed by atoms with Crippen molar-refractivity contribution in [3.05, 3.63) is 28.8 Å². The second-order valence-electron chi connectivity index (χ2n) is 3.87. The minimum Gasteiger partial charge on any atom is -0.496 e. The third-order valence-corrected chi connectivity index (χ3v) is 2.67. The molecule has 3 nitrogen and oxygen atoms in total. The standard InChI is InChI=1S/C13H16O3/c1-8(14)7-12(15)11-5-6-13(16-4)10(3)9(11)2/h5-6H,7H2,1-4H3. The van der Waals surface area contributed by atoms with Gasteiger partial charge in [0, 0.05) is 5.56 Å². The molecular weight excluding hydrogens is 204 g/mol. The van der Waals surface area contributed by atoms with Crippen LogP contribution in [-0.2, 0) is 4.79 Å². The average molecular weight is 220 g/mol. The first-order valence-electron chi connectivity index (χ1n) is 5.14. The van der Waals surface area contributed by atoms with Crippen LogP contribution in [-0.4, -0.2) is 18.7 Å². The van der Waals surface area contributed by atoms with Gasteiger partial charge in [-0.2, -0.15) is 0 Å². The van der Waals surface area contributed by atoms with Crippen molar-refractivity contribution in [3.63, 3.8) is 0 Å². The molecule has 0 spiro atoms. The van der Waals surface area contributed by atoms with Gasteiger partial charge >= 0.3 is 0 Å². The normalized spacial score (nSPS) is 10.0. The molecule has 0 bridgehead atoms. The molecule has 0 unspecified atom stereocenters. The van der Waals surface area contributed by atoms with Gasteiger partial charge in [-0.1, -0.05) is 0 Å². The highest BCUT2D eigenvalue weighted by atomic mass is 16.5. The number of benzene rings is 1. The largest absolute Gasteiger partial charge is 0.496 e. The highest BCUT2D eigenvalue weighted by molar-refractivity contribution is 6.08. The Kier molecular flexibility index (Phi) is 3.82. The van der Waals surface area contributed by atoms with Crippen molar-refractivity contribution < 1.29 is 14.3 Å². The molecule has 0 radical (unpaired) electrons. The second-order valence-corrected chi connectivity index (χ2v) is 3.87. The van der Waals surface area contributed by atoms with Gasteiger partial charge in [0.2, 0.25) is 0 Å². The van der Waals surface area contributed by atoms with E-state index < -0.39 is 0 Å². The summed E-state index contributed by atoms with van der Waals surface area (Å²) >= 11 is 0. The summed E-state index contributed by atoms with van der Waals surface area (Å²) in [5, 5.41) is 0. The highest BCUT2D eigenvalue weighted by Crippen LogP contribution is 2.24. The zero-order chi connectivity index (χ0) is 12.3. The molecule has 0 N–H and O–H groups in total. The molecule has 1 rings (SSSR count). The van der Waals surface area contributed by atoms with Crippen LogP contribution in [0.25, 0.3) is 0 Å². The van der Waals surface area contributed by atoms with Crippen molar-refractivity contribution in [2.24, 2.45) is 0 Å². The predicted molar refractivity (Wildman–Crippen MR) is 62.1 cm³/mol. The fourth-order valence-electron chi connectivity index (χ4n) is 1.64. The number of rotatable bonds is 4. The third-order valence-electron chi connectivity index (χ3n) is 2.67. The fourth-order valence-corrected chi connectivity index (χ4v) is 1.64. The van der Waals surface area contributed by atoms with E-state index in [0.717, 1.165) is 16.9 Å². The molecule has 0 atom stereocenters. The van der Waals surface area contributed by atoms with Crippen LogP contribution in [0.4, 0.5) is 0 Å². The molecule has 0 saturated carbocycles. The lowest BCUT2D eigenvalue weighted by Gasteiger charge is -2.11. The number of hydrogen-bond donors (Lipinski definition) is 0. The summed E-state index contributed by atoms with van der Waals surface area (Å²) in [6, 6.07) is 3.47. The summed E-state index contributed by atoms with van der Waals surface area (Å²) in [6.45, 7) is 5.19. The van der Waals surface area contributed by atoms with Crippen molar-refractivity contribution in [3.8, 4) is 5.75 Å². The smallest absolute Gasteiger partial charge is 0.170 e. The van der Waals surface area contributed by atoms with Crippen molar-refractivity contribution in [1.29, 1.82) is 0 Å². The van der Waals surface area contributed by atoms with Crippen LogP contribution >= 0.6 is 0 Å². The van der Waals surface area contributed by atoms with E-state index >= 15 is 0 Å². The topological polar surface area (TPSA) is 43.4 Å². The van der Waals surface area contributed by atoms with Gasteiger partial charge in [0.25, 0.3) is 0 Å². The average Bonchev–Trinajstić information content (AvgIpc) is 2.20. The van der Waals surface area contributed by atoms with E-state index in [-0.39, 0.29) is 18.0 Å². The summed E-state index contributed by atoms with van der Waals surface area (Å²) in [7, 11) is 1.60. The highest BCUT2D eigenvalue weighted by Gasteiger charge is 2.14. The second kappa shape index (κ2) is 4.92. The van der Waals surface area contributed by atoms with Crippen LogP contribution in [0.2, 0.25) is 0 Å². The van der Waals surface area contributed by atoms with E-state index in [1.54, 1.807) is 19.2 Å². The number of carbonyl (C=O) groups excluding carboxylic acids is 2. The molecule has 1 aromatic carbocycles. The van der Waals surface area contributed by atoms with Gasteiger partial charge in [0.05, 0.1) is 13.5 Å². The van der Waals surface area contributed by atoms with E-state index in [0.29, 0.717) is 5.56 Å². The Bertz CT molecular complexity index is 433. The molecular formula is C13H16O3. The molecule has 16 heavy (non-hydrogen) atoms. The van der Waals surface area contributed by atoms with Crippen molar-refractivity contribution >= 4 is 11.6 Å². The van der Waals surface area contributed by atoms with Gasteiger partial charge in [-0.15, -0.1) is 0 Å². The van der Waals surface area contributed by atoms with E-state index in [1.807, 2.05) is 13.8 Å². The molecule has 0 aliphatic carbocycles. The molecule has 86 valence electrons. The van der Waals surface area contributed by atoms with Crippen LogP contribution in [0.15, 0.2) is 12.1 Å². The maximum atomic E-state index is 11.8. The van der Waals surface area contributed by atoms with Crippen molar-refractivity contribution in [1.82, 2.24) is 0 Å². The molecule has 3 heteroatoms. The van der Waals surface area contributed by atoms with Crippen LogP contribution in [0, 0.1) is 13.8 Å². The molecule has 0 heterocycles. The molecule has 0 saturated heterocycles. The van der Waals surface area contributed by atoms with E-state index in [2.05, 4.69) is 0 Å². The molecule has 0 aromatic heterocycles. The minimum atomic E-state index is -0.129. The Balaban J connectivity index is 3.12. The SMILES string of the molecule is COc1ccc(C(=O)CC(C)=O)c(C)c1C. The molecule has 0 aliphatic heterocycles. The van der Waals surface area contributed by atoms with Crippen LogP contribution in [0.3, 0.4) is 0 Å². The van der Waals surface area contributed by atoms with Gasteiger partial charge < -0.3 is 4.74 Å². The predicted octanol–water partition coefficient (Wildman–Crippen LogP) is 2.47. The van der Waals surface area contributed by atoms with Gasteiger partial charge in [0.1, 0.15) is 11.5 Å². The molecule has 0 amide bonds. The summed E-state index contributed by atoms with van der Waals surface area (Å²) < 4.78 is 5.16. The van der Waals surface area contributed by atoms with Gasteiger partial charge in [-0.05, 0) is 44.0 Å². The van der Waals surface area contributed by atoms with Gasteiger partial charge in [0.15, 0.2) is 5.78 Å². The summed E-state index contributed by atoms with van der Waals surface area (Å²) in [5.41, 5.74) is 2.43. The van der Waals surface area contributed by atoms with E-state index in [4.69, 9.17) is 4.74 Å². The number of hydrogen-bond acceptors (Lipinski definition) is 3. The van der Waals surface area contributed by atoms with Crippen LogP contribution in [0.1, 0.15) is 34.8 Å². The number of Topliss-reactive ketones (excluding diaryl/α,β-unsaturated/α-hetero) is 2. The first-order valence-corrected chi connectivity index (χ1v) is 5.14. The lowest BCUT2D eigenvalue weighted by Crippen LogP contribution is -2.08. The first-order chi connectivity index (χ1) is 7.47. The van der Waals surface area contributed by atoms with Crippen molar-refractivity contribution in [2.75, 3.05) is 7.11 Å².